The van der Waals surface area contributed by atoms with Crippen LogP contribution in [0.4, 0.5) is 5.69 Å². The molecule has 0 spiro atoms. The molecule has 1 saturated carbocycles. The van der Waals surface area contributed by atoms with Gasteiger partial charge in [0, 0.05) is 39.8 Å². The SMILES string of the molecule is O=C(NC1CCCCC1)[C@@H](c1cccs1)N(C(=O)Cc1c[nH]c2ccccc12)c1ccc2c(c1)OCO2. The molecule has 1 fully saturated rings. The van der Waals surface area contributed by atoms with Crippen LogP contribution < -0.4 is 19.7 Å². The van der Waals surface area contributed by atoms with Gasteiger partial charge in [-0.05, 0) is 48.1 Å². The number of carbonyl (C=O) groups is 2. The van der Waals surface area contributed by atoms with E-state index in [4.69, 9.17) is 9.47 Å². The van der Waals surface area contributed by atoms with E-state index >= 15 is 0 Å². The van der Waals surface area contributed by atoms with Crippen LogP contribution in [0.3, 0.4) is 0 Å². The number of anilines is 1. The Morgan fingerprint density at radius 2 is 1.86 bits per heavy atom. The molecule has 0 saturated heterocycles. The molecule has 4 aromatic rings. The first-order valence-electron chi connectivity index (χ1n) is 12.8. The molecule has 2 aromatic carbocycles. The Morgan fingerprint density at radius 1 is 1.03 bits per heavy atom. The average Bonchev–Trinajstić information content (AvgIpc) is 3.69. The van der Waals surface area contributed by atoms with Crippen molar-refractivity contribution in [2.75, 3.05) is 11.7 Å². The van der Waals surface area contributed by atoms with E-state index in [9.17, 15) is 9.59 Å². The minimum Gasteiger partial charge on any atom is -0.454 e. The Morgan fingerprint density at radius 3 is 2.70 bits per heavy atom. The Hall–Kier alpha value is -3.78. The maximum absolute atomic E-state index is 14.2. The van der Waals surface area contributed by atoms with Gasteiger partial charge in [-0.2, -0.15) is 0 Å². The number of H-pyrrole nitrogens is 1. The van der Waals surface area contributed by atoms with Crippen molar-refractivity contribution in [3.05, 3.63) is 76.6 Å². The first-order valence-corrected chi connectivity index (χ1v) is 13.7. The van der Waals surface area contributed by atoms with Crippen molar-refractivity contribution in [2.45, 2.75) is 50.6 Å². The molecule has 0 bridgehead atoms. The summed E-state index contributed by atoms with van der Waals surface area (Å²) < 4.78 is 11.1. The fourth-order valence-electron chi connectivity index (χ4n) is 5.35. The summed E-state index contributed by atoms with van der Waals surface area (Å²) in [5.74, 6) is 0.882. The van der Waals surface area contributed by atoms with E-state index in [1.54, 1.807) is 17.0 Å². The largest absolute Gasteiger partial charge is 0.454 e. The number of carbonyl (C=O) groups excluding carboxylic acids is 2. The highest BCUT2D eigenvalue weighted by atomic mass is 32.1. The quantitative estimate of drug-likeness (QED) is 0.330. The normalized spacial score (nSPS) is 16.0. The standard InChI is InChI=1S/C29H29N3O4S/c33-27(15-19-17-30-23-10-5-4-9-22(19)23)32(21-12-13-24-25(16-21)36-18-35-24)28(26-11-6-14-37-26)29(34)31-20-7-2-1-3-8-20/h4-6,9-14,16-17,20,28,30H,1-3,7-8,15,18H2,(H,31,34)/t28-/m1/s1. The maximum Gasteiger partial charge on any atom is 0.248 e. The molecule has 8 heteroatoms. The molecule has 2 aromatic heterocycles. The van der Waals surface area contributed by atoms with Crippen molar-refractivity contribution >= 4 is 39.7 Å². The van der Waals surface area contributed by atoms with Gasteiger partial charge in [0.2, 0.25) is 18.6 Å². The maximum atomic E-state index is 14.2. The Kier molecular flexibility index (Phi) is 6.57. The van der Waals surface area contributed by atoms with Crippen LogP contribution in [0.1, 0.15) is 48.6 Å². The molecule has 1 aliphatic carbocycles. The summed E-state index contributed by atoms with van der Waals surface area (Å²) in [5.41, 5.74) is 2.47. The molecule has 2 amide bonds. The number of ether oxygens (including phenoxy) is 2. The lowest BCUT2D eigenvalue weighted by Gasteiger charge is -2.33. The lowest BCUT2D eigenvalue weighted by atomic mass is 9.95. The molecular formula is C29H29N3O4S. The number of fused-ring (bicyclic) bond motifs is 2. The topological polar surface area (TPSA) is 83.7 Å². The van der Waals surface area contributed by atoms with Crippen molar-refractivity contribution in [1.29, 1.82) is 0 Å². The second-order valence-electron chi connectivity index (χ2n) is 9.60. The summed E-state index contributed by atoms with van der Waals surface area (Å²) in [6, 6.07) is 16.5. The van der Waals surface area contributed by atoms with Crippen molar-refractivity contribution in [2.24, 2.45) is 0 Å². The summed E-state index contributed by atoms with van der Waals surface area (Å²) >= 11 is 1.48. The second-order valence-corrected chi connectivity index (χ2v) is 10.6. The van der Waals surface area contributed by atoms with Crippen LogP contribution in [0.2, 0.25) is 0 Å². The summed E-state index contributed by atoms with van der Waals surface area (Å²) in [6.45, 7) is 0.137. The van der Waals surface area contributed by atoms with Gasteiger partial charge < -0.3 is 19.8 Å². The van der Waals surface area contributed by atoms with E-state index in [0.29, 0.717) is 17.2 Å². The Bertz CT molecular complexity index is 1410. The van der Waals surface area contributed by atoms with E-state index in [2.05, 4.69) is 10.3 Å². The fraction of sp³-hybridized carbons (Fsp3) is 0.310. The van der Waals surface area contributed by atoms with Crippen LogP contribution in [0.25, 0.3) is 10.9 Å². The zero-order valence-electron chi connectivity index (χ0n) is 20.4. The highest BCUT2D eigenvalue weighted by molar-refractivity contribution is 7.10. The molecule has 2 aliphatic rings. The predicted octanol–water partition coefficient (Wildman–Crippen LogP) is 5.72. The molecule has 0 unspecified atom stereocenters. The van der Waals surface area contributed by atoms with Gasteiger partial charge in [-0.15, -0.1) is 11.3 Å². The molecule has 37 heavy (non-hydrogen) atoms. The third kappa shape index (κ3) is 4.81. The first kappa shape index (κ1) is 23.6. The highest BCUT2D eigenvalue weighted by Crippen LogP contribution is 2.39. The van der Waals surface area contributed by atoms with Gasteiger partial charge >= 0.3 is 0 Å². The van der Waals surface area contributed by atoms with Gasteiger partial charge in [0.05, 0.1) is 6.42 Å². The molecule has 6 rings (SSSR count). The van der Waals surface area contributed by atoms with Crippen molar-refractivity contribution in [3.63, 3.8) is 0 Å². The zero-order chi connectivity index (χ0) is 25.2. The number of hydrogen-bond donors (Lipinski definition) is 2. The van der Waals surface area contributed by atoms with Crippen molar-refractivity contribution < 1.29 is 19.1 Å². The number of aromatic amines is 1. The van der Waals surface area contributed by atoms with E-state index in [0.717, 1.165) is 47.0 Å². The molecular weight excluding hydrogens is 486 g/mol. The van der Waals surface area contributed by atoms with Gasteiger partial charge in [0.1, 0.15) is 6.04 Å². The Balaban J connectivity index is 1.39. The number of rotatable bonds is 7. The second kappa shape index (κ2) is 10.3. The molecule has 1 atom stereocenters. The smallest absolute Gasteiger partial charge is 0.248 e. The predicted molar refractivity (Wildman–Crippen MR) is 144 cm³/mol. The highest BCUT2D eigenvalue weighted by Gasteiger charge is 2.35. The number of benzene rings is 2. The van der Waals surface area contributed by atoms with Crippen LogP contribution in [-0.2, 0) is 16.0 Å². The number of hydrogen-bond acceptors (Lipinski definition) is 5. The van der Waals surface area contributed by atoms with E-state index in [-0.39, 0.29) is 31.1 Å². The van der Waals surface area contributed by atoms with Gasteiger partial charge in [-0.1, -0.05) is 43.5 Å². The molecule has 0 radical (unpaired) electrons. The first-order chi connectivity index (χ1) is 18.2. The summed E-state index contributed by atoms with van der Waals surface area (Å²) in [7, 11) is 0. The number of aromatic nitrogens is 1. The van der Waals surface area contributed by atoms with Crippen LogP contribution in [0, 0.1) is 0 Å². The van der Waals surface area contributed by atoms with E-state index < -0.39 is 6.04 Å². The number of nitrogens with zero attached hydrogens (tertiary/aromatic N) is 1. The van der Waals surface area contributed by atoms with Crippen molar-refractivity contribution in [1.82, 2.24) is 10.3 Å². The van der Waals surface area contributed by atoms with Crippen LogP contribution in [0.5, 0.6) is 11.5 Å². The molecule has 7 nitrogen and oxygen atoms in total. The lowest BCUT2D eigenvalue weighted by Crippen LogP contribution is -2.47. The van der Waals surface area contributed by atoms with Crippen LogP contribution >= 0.6 is 11.3 Å². The van der Waals surface area contributed by atoms with Crippen LogP contribution in [0.15, 0.2) is 66.2 Å². The number of para-hydroxylation sites is 1. The monoisotopic (exact) mass is 515 g/mol. The lowest BCUT2D eigenvalue weighted by molar-refractivity contribution is -0.127. The minimum atomic E-state index is -0.792. The summed E-state index contributed by atoms with van der Waals surface area (Å²) in [4.78, 5) is 33.8. The summed E-state index contributed by atoms with van der Waals surface area (Å²) in [5, 5.41) is 6.21. The number of thiophene rings is 1. The molecule has 2 N–H and O–H groups in total. The van der Waals surface area contributed by atoms with Gasteiger partial charge in [-0.3, -0.25) is 14.5 Å². The Labute approximate surface area is 219 Å². The average molecular weight is 516 g/mol. The molecule has 3 heterocycles. The van der Waals surface area contributed by atoms with E-state index in [1.807, 2.05) is 54.0 Å². The van der Waals surface area contributed by atoms with Gasteiger partial charge in [0.25, 0.3) is 0 Å². The van der Waals surface area contributed by atoms with Gasteiger partial charge in [-0.25, -0.2) is 0 Å². The molecule has 190 valence electrons. The van der Waals surface area contributed by atoms with E-state index in [1.165, 1.54) is 17.8 Å². The fourth-order valence-corrected chi connectivity index (χ4v) is 6.16. The third-order valence-corrected chi connectivity index (χ3v) is 8.12. The number of nitrogens with one attached hydrogen (secondary N) is 2. The summed E-state index contributed by atoms with van der Waals surface area (Å²) in [6.07, 6.45) is 7.39. The van der Waals surface area contributed by atoms with Crippen molar-refractivity contribution in [3.8, 4) is 11.5 Å². The molecule has 1 aliphatic heterocycles. The minimum absolute atomic E-state index is 0.131. The van der Waals surface area contributed by atoms with Crippen LogP contribution in [-0.4, -0.2) is 29.6 Å². The third-order valence-electron chi connectivity index (χ3n) is 7.19. The number of amides is 2. The zero-order valence-corrected chi connectivity index (χ0v) is 21.3. The van der Waals surface area contributed by atoms with Gasteiger partial charge in [0.15, 0.2) is 11.5 Å².